The normalized spacial score (nSPS) is 16.6. The van der Waals surface area contributed by atoms with E-state index in [4.69, 9.17) is 21.4 Å². The number of halogens is 1. The molecule has 0 spiro atoms. The Bertz CT molecular complexity index is 945. The molecule has 2 aromatic rings. The molecule has 1 aliphatic rings. The van der Waals surface area contributed by atoms with Crippen LogP contribution in [0.3, 0.4) is 0 Å². The van der Waals surface area contributed by atoms with Gasteiger partial charge in [0, 0.05) is 11.6 Å². The molecule has 0 bridgehead atoms. The molecule has 0 fully saturated rings. The molecule has 0 saturated carbocycles. The molecule has 2 N–H and O–H groups in total. The van der Waals surface area contributed by atoms with E-state index in [1.54, 1.807) is 18.2 Å². The summed E-state index contributed by atoms with van der Waals surface area (Å²) in [5.74, 6) is -0.464. The third kappa shape index (κ3) is 5.00. The van der Waals surface area contributed by atoms with Crippen molar-refractivity contribution in [3.05, 3.63) is 58.6 Å². The zero-order valence-corrected chi connectivity index (χ0v) is 16.1. The van der Waals surface area contributed by atoms with E-state index in [-0.39, 0.29) is 24.0 Å². The summed E-state index contributed by atoms with van der Waals surface area (Å²) in [7, 11) is -3.64. The lowest BCUT2D eigenvalue weighted by Crippen LogP contribution is -2.30. The largest absolute Gasteiger partial charge is 0.482 e. The van der Waals surface area contributed by atoms with Gasteiger partial charge in [0.2, 0.25) is 10.0 Å². The standard InChI is InChI=1S/C19H20ClNO5S/c20-15-5-2-6-17(10-15)27(24,25)21-11-14-4-1-3-13-9-16(7-8-18(13)14)26-12-19(22)23/h2,5-10,14,21H,1,3-4,11-12H2,(H,22,23). The average molecular weight is 410 g/mol. The predicted octanol–water partition coefficient (Wildman–Crippen LogP) is 3.20. The molecule has 0 aliphatic heterocycles. The Morgan fingerprint density at radius 1 is 1.26 bits per heavy atom. The van der Waals surface area contributed by atoms with E-state index in [0.29, 0.717) is 10.8 Å². The number of aliphatic carboxylic acids is 1. The third-order valence-electron chi connectivity index (χ3n) is 4.54. The summed E-state index contributed by atoms with van der Waals surface area (Å²) in [6.45, 7) is -0.0984. The van der Waals surface area contributed by atoms with Crippen molar-refractivity contribution in [2.75, 3.05) is 13.2 Å². The van der Waals surface area contributed by atoms with Crippen molar-refractivity contribution in [2.45, 2.75) is 30.1 Å². The molecule has 1 atom stereocenters. The van der Waals surface area contributed by atoms with E-state index in [9.17, 15) is 13.2 Å². The van der Waals surface area contributed by atoms with Gasteiger partial charge in [-0.25, -0.2) is 17.9 Å². The monoisotopic (exact) mass is 409 g/mol. The van der Waals surface area contributed by atoms with Gasteiger partial charge in [0.1, 0.15) is 5.75 Å². The van der Waals surface area contributed by atoms with Crippen LogP contribution in [0.15, 0.2) is 47.4 Å². The first-order valence-electron chi connectivity index (χ1n) is 8.58. The van der Waals surface area contributed by atoms with Crippen LogP contribution in [0.4, 0.5) is 0 Å². The van der Waals surface area contributed by atoms with E-state index in [1.807, 2.05) is 12.1 Å². The highest BCUT2D eigenvalue weighted by molar-refractivity contribution is 7.89. The summed E-state index contributed by atoms with van der Waals surface area (Å²) >= 11 is 5.89. The summed E-state index contributed by atoms with van der Waals surface area (Å²) in [4.78, 5) is 10.8. The second kappa shape index (κ2) is 8.29. The van der Waals surface area contributed by atoms with Gasteiger partial charge in [0.15, 0.2) is 6.61 Å². The minimum atomic E-state index is -3.64. The Morgan fingerprint density at radius 3 is 2.81 bits per heavy atom. The second-order valence-corrected chi connectivity index (χ2v) is 8.64. The predicted molar refractivity (Wildman–Crippen MR) is 102 cm³/mol. The number of hydrogen-bond donors (Lipinski definition) is 2. The van der Waals surface area contributed by atoms with Gasteiger partial charge in [0.05, 0.1) is 4.90 Å². The maximum atomic E-state index is 12.5. The van der Waals surface area contributed by atoms with Crippen molar-refractivity contribution in [3.8, 4) is 5.75 Å². The maximum absolute atomic E-state index is 12.5. The quantitative estimate of drug-likeness (QED) is 0.732. The van der Waals surface area contributed by atoms with Crippen LogP contribution in [0.25, 0.3) is 0 Å². The number of sulfonamides is 1. The van der Waals surface area contributed by atoms with E-state index < -0.39 is 16.0 Å². The first kappa shape index (κ1) is 19.7. The minimum Gasteiger partial charge on any atom is -0.482 e. The Labute approximate surface area is 163 Å². The highest BCUT2D eigenvalue weighted by Gasteiger charge is 2.23. The van der Waals surface area contributed by atoms with Crippen molar-refractivity contribution >= 4 is 27.6 Å². The van der Waals surface area contributed by atoms with E-state index in [1.165, 1.54) is 12.1 Å². The number of ether oxygens (including phenoxy) is 1. The molecule has 6 nitrogen and oxygen atoms in total. The third-order valence-corrected chi connectivity index (χ3v) is 6.20. The van der Waals surface area contributed by atoms with Crippen molar-refractivity contribution in [3.63, 3.8) is 0 Å². The molecule has 1 unspecified atom stereocenters. The molecule has 1 aliphatic carbocycles. The van der Waals surface area contributed by atoms with Gasteiger partial charge in [0.25, 0.3) is 0 Å². The van der Waals surface area contributed by atoms with Crippen molar-refractivity contribution in [2.24, 2.45) is 0 Å². The molecule has 8 heteroatoms. The Hall–Kier alpha value is -2.09. The molecule has 2 aromatic carbocycles. The molecular formula is C19H20ClNO5S. The first-order valence-corrected chi connectivity index (χ1v) is 10.4. The number of benzene rings is 2. The van der Waals surface area contributed by atoms with Gasteiger partial charge in [-0.15, -0.1) is 0 Å². The van der Waals surface area contributed by atoms with Gasteiger partial charge in [-0.2, -0.15) is 0 Å². The molecule has 144 valence electrons. The number of fused-ring (bicyclic) bond motifs is 1. The average Bonchev–Trinajstić information content (AvgIpc) is 2.64. The van der Waals surface area contributed by atoms with Crippen molar-refractivity contribution < 1.29 is 23.1 Å². The Kier molecular flexibility index (Phi) is 6.04. The fourth-order valence-corrected chi connectivity index (χ4v) is 4.65. The Balaban J connectivity index is 1.71. The number of carboxylic acid groups (broad SMARTS) is 1. The zero-order chi connectivity index (χ0) is 19.4. The lowest BCUT2D eigenvalue weighted by atomic mass is 9.83. The maximum Gasteiger partial charge on any atom is 0.341 e. The van der Waals surface area contributed by atoms with Gasteiger partial charge >= 0.3 is 5.97 Å². The SMILES string of the molecule is O=C(O)COc1ccc2c(c1)CCCC2CNS(=O)(=O)c1cccc(Cl)c1. The van der Waals surface area contributed by atoms with Crippen molar-refractivity contribution in [1.82, 2.24) is 4.72 Å². The van der Waals surface area contributed by atoms with Crippen LogP contribution in [0.1, 0.15) is 29.9 Å². The fourth-order valence-electron chi connectivity index (χ4n) is 3.27. The number of aryl methyl sites for hydroxylation is 1. The van der Waals surface area contributed by atoms with Crippen LogP contribution in [0.5, 0.6) is 5.75 Å². The molecule has 0 aromatic heterocycles. The minimum absolute atomic E-state index is 0.0521. The number of carboxylic acids is 1. The van der Waals surface area contributed by atoms with Gasteiger partial charge in [-0.1, -0.05) is 23.7 Å². The zero-order valence-electron chi connectivity index (χ0n) is 14.5. The molecule has 0 amide bonds. The second-order valence-electron chi connectivity index (χ2n) is 6.44. The molecule has 0 saturated heterocycles. The lowest BCUT2D eigenvalue weighted by molar-refractivity contribution is -0.139. The molecule has 0 heterocycles. The number of rotatable bonds is 7. The highest BCUT2D eigenvalue weighted by Crippen LogP contribution is 2.33. The fraction of sp³-hybridized carbons (Fsp3) is 0.316. The van der Waals surface area contributed by atoms with Gasteiger partial charge < -0.3 is 9.84 Å². The van der Waals surface area contributed by atoms with Crippen LogP contribution >= 0.6 is 11.6 Å². The van der Waals surface area contributed by atoms with Crippen molar-refractivity contribution in [1.29, 1.82) is 0 Å². The summed E-state index contributed by atoms with van der Waals surface area (Å²) < 4.78 is 32.9. The van der Waals surface area contributed by atoms with E-state index in [2.05, 4.69) is 4.72 Å². The van der Waals surface area contributed by atoms with Crippen LogP contribution in [-0.2, 0) is 21.2 Å². The molecule has 3 rings (SSSR count). The lowest BCUT2D eigenvalue weighted by Gasteiger charge is -2.26. The summed E-state index contributed by atoms with van der Waals surface area (Å²) in [6.07, 6.45) is 2.66. The highest BCUT2D eigenvalue weighted by atomic mass is 35.5. The molecular weight excluding hydrogens is 390 g/mol. The van der Waals surface area contributed by atoms with Gasteiger partial charge in [-0.05, 0) is 66.6 Å². The number of carbonyl (C=O) groups is 1. The van der Waals surface area contributed by atoms with E-state index in [0.717, 1.165) is 30.4 Å². The molecule has 27 heavy (non-hydrogen) atoms. The number of hydrogen-bond acceptors (Lipinski definition) is 4. The summed E-state index contributed by atoms with van der Waals surface area (Å²) in [6, 6.07) is 11.6. The summed E-state index contributed by atoms with van der Waals surface area (Å²) in [5, 5.41) is 9.08. The van der Waals surface area contributed by atoms with Crippen LogP contribution in [-0.4, -0.2) is 32.6 Å². The first-order chi connectivity index (χ1) is 12.8. The van der Waals surface area contributed by atoms with Crippen LogP contribution in [0, 0.1) is 0 Å². The van der Waals surface area contributed by atoms with Crippen LogP contribution < -0.4 is 9.46 Å². The topological polar surface area (TPSA) is 92.7 Å². The Morgan fingerprint density at radius 2 is 2.07 bits per heavy atom. The van der Waals surface area contributed by atoms with Gasteiger partial charge in [-0.3, -0.25) is 0 Å². The molecule has 0 radical (unpaired) electrons. The van der Waals surface area contributed by atoms with E-state index >= 15 is 0 Å². The number of nitrogens with one attached hydrogen (secondary N) is 1. The van der Waals surface area contributed by atoms with Crippen LogP contribution in [0.2, 0.25) is 5.02 Å². The smallest absolute Gasteiger partial charge is 0.341 e. The summed E-state index contributed by atoms with van der Waals surface area (Å²) in [5.41, 5.74) is 2.13.